The Balaban J connectivity index is 1.58. The van der Waals surface area contributed by atoms with Crippen LogP contribution >= 0.6 is 0 Å². The van der Waals surface area contributed by atoms with Crippen LogP contribution in [0.15, 0.2) is 60.2 Å². The fourth-order valence-electron chi connectivity index (χ4n) is 8.17. The van der Waals surface area contributed by atoms with Gasteiger partial charge in [-0.15, -0.1) is 0 Å². The lowest BCUT2D eigenvalue weighted by atomic mass is 9.64. The zero-order valence-corrected chi connectivity index (χ0v) is 27.6. The minimum atomic E-state index is -3.62. The molecule has 0 saturated heterocycles. The molecule has 0 amide bonds. The first-order chi connectivity index (χ1) is 20.9. The van der Waals surface area contributed by atoms with Crippen molar-refractivity contribution in [2.45, 2.75) is 115 Å². The Morgan fingerprint density at radius 3 is 2.43 bits per heavy atom. The number of hydrogen-bond donors (Lipinski definition) is 2. The minimum absolute atomic E-state index is 0.00489. The number of ketones is 1. The van der Waals surface area contributed by atoms with Crippen molar-refractivity contribution >= 4 is 15.8 Å². The van der Waals surface area contributed by atoms with Gasteiger partial charge in [-0.1, -0.05) is 80.3 Å². The number of allylic oxidation sites excluding steroid dienone is 2. The second-order valence-corrected chi connectivity index (χ2v) is 16.1. The second kappa shape index (κ2) is 13.6. The van der Waals surface area contributed by atoms with Gasteiger partial charge in [-0.3, -0.25) is 4.79 Å². The summed E-state index contributed by atoms with van der Waals surface area (Å²) in [7, 11) is -3.62. The van der Waals surface area contributed by atoms with Crippen LogP contribution in [0.25, 0.3) is 0 Å². The maximum Gasteiger partial charge on any atom is 0.211 e. The smallest absolute Gasteiger partial charge is 0.211 e. The van der Waals surface area contributed by atoms with Gasteiger partial charge < -0.3 is 10.2 Å². The average molecular weight is 622 g/mol. The van der Waals surface area contributed by atoms with E-state index in [-0.39, 0.29) is 30.7 Å². The Hall–Kier alpha value is -2.32. The Morgan fingerprint density at radius 1 is 1.00 bits per heavy atom. The number of sulfonamides is 1. The Morgan fingerprint density at radius 2 is 1.73 bits per heavy atom. The minimum Gasteiger partial charge on any atom is -0.393 e. The fraction of sp³-hybridized carbons (Fsp3) is 0.595. The third-order valence-electron chi connectivity index (χ3n) is 11.0. The number of fused-ring (bicyclic) bond motifs is 8. The molecule has 6 rings (SSSR count). The van der Waals surface area contributed by atoms with Gasteiger partial charge in [-0.25, -0.2) is 8.42 Å². The molecular weight excluding hydrogens is 570 g/mol. The summed E-state index contributed by atoms with van der Waals surface area (Å²) in [6, 6.07) is 15.7. The van der Waals surface area contributed by atoms with Crippen LogP contribution < -0.4 is 0 Å². The predicted molar refractivity (Wildman–Crippen MR) is 176 cm³/mol. The van der Waals surface area contributed by atoms with Gasteiger partial charge in [0.1, 0.15) is 0 Å². The molecular formula is C37H51NO5S. The lowest BCUT2D eigenvalue weighted by Gasteiger charge is -2.46. The number of carbonyl (C=O) groups is 1. The first-order valence-corrected chi connectivity index (χ1v) is 18.5. The molecule has 4 aliphatic carbocycles. The molecule has 0 heterocycles. The van der Waals surface area contributed by atoms with Gasteiger partial charge >= 0.3 is 0 Å². The summed E-state index contributed by atoms with van der Waals surface area (Å²) >= 11 is 0. The highest BCUT2D eigenvalue weighted by molar-refractivity contribution is 7.88. The normalized spacial score (nSPS) is 28.8. The highest BCUT2D eigenvalue weighted by Gasteiger charge is 2.58. The summed E-state index contributed by atoms with van der Waals surface area (Å²) in [4.78, 5) is 14.2. The molecule has 240 valence electrons. The average Bonchev–Trinajstić information content (AvgIpc) is 3.25. The molecule has 2 fully saturated rings. The zero-order valence-electron chi connectivity index (χ0n) is 26.8. The van der Waals surface area contributed by atoms with Crippen LogP contribution in [0.4, 0.5) is 0 Å². The molecule has 4 aliphatic rings. The molecule has 0 spiro atoms. The molecule has 0 aliphatic heterocycles. The van der Waals surface area contributed by atoms with Gasteiger partial charge in [0.15, 0.2) is 5.78 Å². The van der Waals surface area contributed by atoms with Crippen molar-refractivity contribution in [1.29, 1.82) is 0 Å². The van der Waals surface area contributed by atoms with Crippen LogP contribution in [0, 0.1) is 11.3 Å². The lowest BCUT2D eigenvalue weighted by Crippen LogP contribution is -2.53. The quantitative estimate of drug-likeness (QED) is 0.258. The Bertz CT molecular complexity index is 1450. The van der Waals surface area contributed by atoms with Crippen molar-refractivity contribution in [2.75, 3.05) is 12.8 Å². The van der Waals surface area contributed by atoms with Crippen molar-refractivity contribution in [3.63, 3.8) is 0 Å². The summed E-state index contributed by atoms with van der Waals surface area (Å²) in [6.45, 7) is 4.42. The maximum atomic E-state index is 14.2. The highest BCUT2D eigenvalue weighted by Crippen LogP contribution is 2.59. The van der Waals surface area contributed by atoms with E-state index in [9.17, 15) is 23.4 Å². The Labute approximate surface area is 264 Å². The molecule has 2 bridgehead atoms. The summed E-state index contributed by atoms with van der Waals surface area (Å²) < 4.78 is 27.7. The second-order valence-electron chi connectivity index (χ2n) is 14.2. The monoisotopic (exact) mass is 621 g/mol. The zero-order chi connectivity index (χ0) is 31.5. The van der Waals surface area contributed by atoms with Gasteiger partial charge in [-0.2, -0.15) is 4.31 Å². The molecule has 4 atom stereocenters. The Kier molecular flexibility index (Phi) is 10.2. The van der Waals surface area contributed by atoms with E-state index in [1.807, 2.05) is 36.4 Å². The number of aliphatic hydroxyl groups is 2. The maximum absolute atomic E-state index is 14.2. The largest absolute Gasteiger partial charge is 0.393 e. The molecule has 44 heavy (non-hydrogen) atoms. The van der Waals surface area contributed by atoms with Crippen LogP contribution in [0.1, 0.15) is 117 Å². The lowest BCUT2D eigenvalue weighted by molar-refractivity contribution is -0.0731. The van der Waals surface area contributed by atoms with Crippen molar-refractivity contribution in [3.05, 3.63) is 82.4 Å². The van der Waals surface area contributed by atoms with Crippen molar-refractivity contribution < 1.29 is 23.4 Å². The van der Waals surface area contributed by atoms with Gasteiger partial charge in [-0.05, 0) is 93.4 Å². The van der Waals surface area contributed by atoms with Crippen LogP contribution in [-0.4, -0.2) is 53.2 Å². The van der Waals surface area contributed by atoms with E-state index in [0.717, 1.165) is 60.8 Å². The molecule has 2 saturated carbocycles. The van der Waals surface area contributed by atoms with E-state index in [1.165, 1.54) is 22.6 Å². The summed E-state index contributed by atoms with van der Waals surface area (Å²) in [6.07, 6.45) is 12.6. The van der Waals surface area contributed by atoms with E-state index in [1.54, 1.807) is 0 Å². The van der Waals surface area contributed by atoms with Crippen molar-refractivity contribution in [1.82, 2.24) is 4.31 Å². The predicted octanol–water partition coefficient (Wildman–Crippen LogP) is 6.95. The number of rotatable bonds is 7. The van der Waals surface area contributed by atoms with Gasteiger partial charge in [0.25, 0.3) is 0 Å². The third-order valence-corrected chi connectivity index (χ3v) is 12.2. The summed E-state index contributed by atoms with van der Waals surface area (Å²) in [5.74, 6) is 0.0904. The van der Waals surface area contributed by atoms with Crippen molar-refractivity contribution in [2.24, 2.45) is 11.3 Å². The summed E-state index contributed by atoms with van der Waals surface area (Å²) in [5, 5.41) is 23.5. The number of carbonyl (C=O) groups excluding carboxylic acids is 1. The van der Waals surface area contributed by atoms with E-state index in [2.05, 4.69) is 32.1 Å². The highest BCUT2D eigenvalue weighted by atomic mass is 32.2. The standard InChI is InChI=1S/C37H51NO5S/c1-27-11-10-21-36(2)34(20-22-37(36,41)26-38(44(3,42)43)25-28-12-6-4-7-13-28)32-19-17-29(23-31(39)18-16-27)24-33(32)35(40)30-14-8-5-9-15-30/h4,6-7,11-13,17,19,24,30-31,34,39,41H,5,8-10,14-16,18,20-23,25-26H2,1-3H3. The molecule has 7 heteroatoms. The number of aliphatic hydroxyl groups excluding tert-OH is 1. The van der Waals surface area contributed by atoms with Crippen LogP contribution in [0.3, 0.4) is 0 Å². The van der Waals surface area contributed by atoms with Gasteiger partial charge in [0.05, 0.1) is 18.0 Å². The van der Waals surface area contributed by atoms with Crippen molar-refractivity contribution in [3.8, 4) is 0 Å². The SMILES string of the molecule is CC1=CCCC2(C)C(CCC2(O)CN(Cc2ccccc2)S(C)(=O)=O)c2ccc(cc2C(=O)C2CCCCC2)CC(O)CC1. The first kappa shape index (κ1) is 33.1. The molecule has 2 aromatic carbocycles. The fourth-order valence-corrected chi connectivity index (χ4v) is 9.00. The van der Waals surface area contributed by atoms with Gasteiger partial charge in [0, 0.05) is 30.0 Å². The third kappa shape index (κ3) is 7.22. The molecule has 4 unspecified atom stereocenters. The van der Waals surface area contributed by atoms with Crippen LogP contribution in [0.2, 0.25) is 0 Å². The molecule has 0 aromatic heterocycles. The summed E-state index contributed by atoms with van der Waals surface area (Å²) in [5.41, 5.74) is 2.83. The number of nitrogens with zero attached hydrogens (tertiary/aromatic N) is 1. The van der Waals surface area contributed by atoms with E-state index in [0.29, 0.717) is 32.1 Å². The molecule has 6 nitrogen and oxygen atoms in total. The number of benzene rings is 2. The topological polar surface area (TPSA) is 94.9 Å². The first-order valence-electron chi connectivity index (χ1n) is 16.6. The van der Waals surface area contributed by atoms with E-state index in [4.69, 9.17) is 0 Å². The number of hydrogen-bond acceptors (Lipinski definition) is 5. The van der Waals surface area contributed by atoms with Gasteiger partial charge in [0.2, 0.25) is 10.0 Å². The van der Waals surface area contributed by atoms with Crippen LogP contribution in [-0.2, 0) is 23.0 Å². The van der Waals surface area contributed by atoms with E-state index >= 15 is 0 Å². The number of Topliss-reactive ketones (excluding diaryl/α,β-unsaturated/α-hetero) is 1. The molecule has 2 N–H and O–H groups in total. The molecule has 2 aromatic rings. The molecule has 0 radical (unpaired) electrons. The van der Waals surface area contributed by atoms with E-state index < -0.39 is 27.1 Å². The van der Waals surface area contributed by atoms with Crippen LogP contribution in [0.5, 0.6) is 0 Å².